The maximum Gasteiger partial charge on any atom is 0.251 e. The fourth-order valence-electron chi connectivity index (χ4n) is 5.60. The number of fused-ring (bicyclic) bond motifs is 1. The lowest BCUT2D eigenvalue weighted by atomic mass is 9.99. The maximum absolute atomic E-state index is 14.9. The van der Waals surface area contributed by atoms with Gasteiger partial charge in [0.25, 0.3) is 5.91 Å². The van der Waals surface area contributed by atoms with Gasteiger partial charge >= 0.3 is 0 Å². The number of halogens is 1. The van der Waals surface area contributed by atoms with Crippen LogP contribution in [0.15, 0.2) is 35.1 Å². The third-order valence-electron chi connectivity index (χ3n) is 8.30. The number of nitrogens with zero attached hydrogens (tertiary/aromatic N) is 4. The molecule has 1 saturated heterocycles. The molecule has 4 heterocycles. The van der Waals surface area contributed by atoms with E-state index in [1.807, 2.05) is 18.9 Å². The molecule has 1 atom stereocenters. The average molecular weight is 670 g/mol. The second-order valence-electron chi connectivity index (χ2n) is 12.0. The third kappa shape index (κ3) is 10.7. The summed E-state index contributed by atoms with van der Waals surface area (Å²) in [5, 5.41) is 20.6. The molecule has 1 fully saturated rings. The Labute approximate surface area is 281 Å². The molecule has 2 aliphatic rings. The molecular formula is C34H48FN7O6. The van der Waals surface area contributed by atoms with Crippen LogP contribution in [0.1, 0.15) is 52.7 Å². The fourth-order valence-corrected chi connectivity index (χ4v) is 5.60. The van der Waals surface area contributed by atoms with Crippen LogP contribution in [0.2, 0.25) is 0 Å². The molecule has 0 saturated carbocycles. The highest BCUT2D eigenvalue weighted by atomic mass is 19.1. The zero-order chi connectivity index (χ0) is 34.5. The molecule has 0 aliphatic carbocycles. The van der Waals surface area contributed by atoms with E-state index in [4.69, 9.17) is 23.7 Å². The lowest BCUT2D eigenvalue weighted by Gasteiger charge is -2.30. The summed E-state index contributed by atoms with van der Waals surface area (Å²) in [4.78, 5) is 34.8. The monoisotopic (exact) mass is 669 g/mol. The first-order chi connectivity index (χ1) is 23.2. The Morgan fingerprint density at radius 3 is 2.75 bits per heavy atom. The number of pyridine rings is 1. The molecular weight excluding hydrogens is 621 g/mol. The van der Waals surface area contributed by atoms with Crippen molar-refractivity contribution in [2.75, 3.05) is 70.2 Å². The number of aliphatic hydroxyl groups excluding tert-OH is 1. The van der Waals surface area contributed by atoms with Gasteiger partial charge in [0.2, 0.25) is 0 Å². The van der Waals surface area contributed by atoms with Gasteiger partial charge in [-0.25, -0.2) is 14.4 Å². The van der Waals surface area contributed by atoms with Crippen LogP contribution in [0.25, 0.3) is 0 Å². The van der Waals surface area contributed by atoms with E-state index in [0.29, 0.717) is 67.9 Å². The molecule has 262 valence electrons. The number of aromatic nitrogens is 2. The van der Waals surface area contributed by atoms with E-state index in [2.05, 4.69) is 25.8 Å². The summed E-state index contributed by atoms with van der Waals surface area (Å²) in [7, 11) is 3.56. The van der Waals surface area contributed by atoms with Gasteiger partial charge in [0.05, 0.1) is 18.4 Å². The predicted octanol–water partition coefficient (Wildman–Crippen LogP) is 2.70. The number of oxazole rings is 1. The zero-order valence-corrected chi connectivity index (χ0v) is 28.3. The second kappa shape index (κ2) is 18.4. The number of carbonyl (C=O) groups excluding carboxylic acids is 2. The first-order valence-electron chi connectivity index (χ1n) is 16.3. The number of amides is 1. The molecule has 1 amide bonds. The van der Waals surface area contributed by atoms with E-state index < -0.39 is 11.9 Å². The second-order valence-corrected chi connectivity index (χ2v) is 12.0. The van der Waals surface area contributed by atoms with Crippen LogP contribution in [0.3, 0.4) is 0 Å². The number of carbonyl (C=O) groups is 2. The van der Waals surface area contributed by atoms with Crippen LogP contribution >= 0.6 is 0 Å². The number of hydrogen-bond acceptors (Lipinski definition) is 12. The van der Waals surface area contributed by atoms with Crippen LogP contribution in [0.5, 0.6) is 5.75 Å². The van der Waals surface area contributed by atoms with Crippen molar-refractivity contribution in [2.45, 2.75) is 58.4 Å². The number of ether oxygens (including phenoxy) is 2. The van der Waals surface area contributed by atoms with E-state index in [-0.39, 0.29) is 30.9 Å². The van der Waals surface area contributed by atoms with Gasteiger partial charge in [0, 0.05) is 58.5 Å². The Bertz CT molecular complexity index is 1480. The van der Waals surface area contributed by atoms with Crippen LogP contribution in [-0.2, 0) is 29.1 Å². The van der Waals surface area contributed by atoms with Crippen molar-refractivity contribution in [1.82, 2.24) is 25.5 Å². The van der Waals surface area contributed by atoms with E-state index in [9.17, 15) is 14.3 Å². The normalized spacial score (nSPS) is 15.5. The minimum absolute atomic E-state index is 0.0820. The highest BCUT2D eigenvalue weighted by molar-refractivity contribution is 5.95. The summed E-state index contributed by atoms with van der Waals surface area (Å²) in [5.41, 5.74) is 3.04. The Kier molecular flexibility index (Phi) is 14.1. The molecule has 0 radical (unpaired) electrons. The minimum atomic E-state index is -0.800. The molecule has 5 rings (SSSR count). The SMILES string of the molecule is CC=O.COCCN(C)c1cc(C(=O)NC[C@H](O)CN2CCc3cc(OCc4ocnc4C)c(F)cc3C2)cc(NC2CCNCC2)n1. The molecule has 0 bridgehead atoms. The maximum atomic E-state index is 14.9. The van der Waals surface area contributed by atoms with Crippen molar-refractivity contribution in [2.24, 2.45) is 0 Å². The Balaban J connectivity index is 0.00000167. The Hall–Kier alpha value is -4.11. The highest BCUT2D eigenvalue weighted by Gasteiger charge is 2.23. The smallest absolute Gasteiger partial charge is 0.251 e. The van der Waals surface area contributed by atoms with Crippen molar-refractivity contribution in [3.8, 4) is 5.75 Å². The molecule has 2 aliphatic heterocycles. The lowest BCUT2D eigenvalue weighted by Crippen LogP contribution is -2.42. The van der Waals surface area contributed by atoms with Gasteiger partial charge in [-0.2, -0.15) is 0 Å². The number of piperidine rings is 1. The average Bonchev–Trinajstić information content (AvgIpc) is 3.50. The van der Waals surface area contributed by atoms with E-state index in [0.717, 1.165) is 43.3 Å². The van der Waals surface area contributed by atoms with Crippen molar-refractivity contribution in [3.63, 3.8) is 0 Å². The number of aldehydes is 1. The van der Waals surface area contributed by atoms with Crippen LogP contribution in [0.4, 0.5) is 16.0 Å². The van der Waals surface area contributed by atoms with Crippen LogP contribution < -0.4 is 25.6 Å². The summed E-state index contributed by atoms with van der Waals surface area (Å²) in [6.07, 6.45) is 3.94. The fraction of sp³-hybridized carbons (Fsp3) is 0.529. The van der Waals surface area contributed by atoms with Crippen molar-refractivity contribution >= 4 is 23.8 Å². The van der Waals surface area contributed by atoms with Gasteiger partial charge in [-0.3, -0.25) is 9.69 Å². The molecule has 0 unspecified atom stereocenters. The zero-order valence-electron chi connectivity index (χ0n) is 28.3. The van der Waals surface area contributed by atoms with Gasteiger partial charge in [0.1, 0.15) is 24.5 Å². The first kappa shape index (κ1) is 36.7. The number of β-amino-alcohol motifs (C(OH)–C–C–N with tert-alkyl or cyclic N) is 1. The Morgan fingerprint density at radius 1 is 1.27 bits per heavy atom. The largest absolute Gasteiger partial charge is 0.482 e. The highest BCUT2D eigenvalue weighted by Crippen LogP contribution is 2.28. The number of aliphatic hydroxyl groups is 1. The number of rotatable bonds is 14. The summed E-state index contributed by atoms with van der Waals surface area (Å²) in [6, 6.07) is 7.04. The first-order valence-corrected chi connectivity index (χ1v) is 16.3. The lowest BCUT2D eigenvalue weighted by molar-refractivity contribution is -0.106. The molecule has 14 heteroatoms. The molecule has 13 nitrogen and oxygen atoms in total. The van der Waals surface area contributed by atoms with Gasteiger partial charge in [-0.15, -0.1) is 0 Å². The van der Waals surface area contributed by atoms with E-state index in [1.54, 1.807) is 25.3 Å². The predicted molar refractivity (Wildman–Crippen MR) is 180 cm³/mol. The molecule has 1 aromatic carbocycles. The van der Waals surface area contributed by atoms with Gasteiger partial charge in [-0.05, 0) is 81.6 Å². The molecule has 4 N–H and O–H groups in total. The van der Waals surface area contributed by atoms with Crippen LogP contribution in [0, 0.1) is 12.7 Å². The summed E-state index contributed by atoms with van der Waals surface area (Å²) < 4.78 is 31.0. The number of hydrogen-bond donors (Lipinski definition) is 4. The standard InChI is InChI=1S/C32H44FN7O5.C2H4O/c1-21-29(45-20-36-21)19-44-28-13-22-6-9-40(17-24(22)12-27(28)33)18-26(41)16-35-32(42)23-14-30(37-25-4-7-34-8-5-25)38-31(15-23)39(2)10-11-43-3;1-2-3/h12-15,20,25-26,34,41H,4-11,16-19H2,1-3H3,(H,35,42)(H,37,38);2H,1H3/t26-;/m0./s1. The third-order valence-corrected chi connectivity index (χ3v) is 8.30. The topological polar surface area (TPSA) is 154 Å². The van der Waals surface area contributed by atoms with Gasteiger partial charge < -0.3 is 44.6 Å². The number of benzene rings is 1. The number of anilines is 2. The Morgan fingerprint density at radius 2 is 2.04 bits per heavy atom. The number of aryl methyl sites for hydroxylation is 1. The number of methoxy groups -OCH3 is 1. The van der Waals surface area contributed by atoms with Crippen molar-refractivity contribution < 1.29 is 33.0 Å². The van der Waals surface area contributed by atoms with Gasteiger partial charge in [0.15, 0.2) is 23.7 Å². The van der Waals surface area contributed by atoms with Gasteiger partial charge in [-0.1, -0.05) is 0 Å². The molecule has 0 spiro atoms. The molecule has 2 aromatic heterocycles. The summed E-state index contributed by atoms with van der Waals surface area (Å²) >= 11 is 0. The summed E-state index contributed by atoms with van der Waals surface area (Å²) in [6.45, 7) is 8.00. The quantitative estimate of drug-likeness (QED) is 0.187. The number of likely N-dealkylation sites (N-methyl/N-ethyl adjacent to an activating group) is 1. The number of nitrogens with one attached hydrogen (secondary N) is 3. The van der Waals surface area contributed by atoms with E-state index in [1.165, 1.54) is 19.4 Å². The summed E-state index contributed by atoms with van der Waals surface area (Å²) in [5.74, 6) is 1.32. The van der Waals surface area contributed by atoms with Crippen molar-refractivity contribution in [1.29, 1.82) is 0 Å². The minimum Gasteiger partial charge on any atom is -0.482 e. The van der Waals surface area contributed by atoms with Crippen LogP contribution in [-0.4, -0.2) is 104 Å². The van der Waals surface area contributed by atoms with E-state index >= 15 is 0 Å². The van der Waals surface area contributed by atoms with Crippen molar-refractivity contribution in [3.05, 3.63) is 64.6 Å². The molecule has 3 aromatic rings. The molecule has 48 heavy (non-hydrogen) atoms.